The van der Waals surface area contributed by atoms with E-state index in [0.29, 0.717) is 27.7 Å². The molecule has 0 radical (unpaired) electrons. The van der Waals surface area contributed by atoms with Gasteiger partial charge in [0.05, 0.1) is 33.5 Å². The molecule has 4 rings (SSSR count). The number of nitro groups is 1. The van der Waals surface area contributed by atoms with Crippen molar-refractivity contribution in [3.63, 3.8) is 0 Å². The molecule has 31 heavy (non-hydrogen) atoms. The number of rotatable bonds is 5. The SMILES string of the molecule is O=C(N/N=C\c1ccccc1[N+](=O)[O-])c1cc(-c2ccc(F)cc2)nc2ccccc12. The number of nitrogens with one attached hydrogen (secondary N) is 1. The molecular formula is C23H15FN4O3. The van der Waals surface area contributed by atoms with E-state index in [0.717, 1.165) is 0 Å². The van der Waals surface area contributed by atoms with E-state index in [1.807, 2.05) is 0 Å². The molecule has 0 fully saturated rings. The van der Waals surface area contributed by atoms with Crippen molar-refractivity contribution in [1.29, 1.82) is 0 Å². The number of fused-ring (bicyclic) bond motifs is 1. The third kappa shape index (κ3) is 4.27. The molecule has 1 N–H and O–H groups in total. The van der Waals surface area contributed by atoms with Crippen LogP contribution in [0.5, 0.6) is 0 Å². The van der Waals surface area contributed by atoms with Crippen LogP contribution < -0.4 is 5.43 Å². The number of hydrazone groups is 1. The van der Waals surface area contributed by atoms with Crippen molar-refractivity contribution in [2.75, 3.05) is 0 Å². The maximum absolute atomic E-state index is 13.3. The van der Waals surface area contributed by atoms with Gasteiger partial charge in [0.2, 0.25) is 0 Å². The van der Waals surface area contributed by atoms with Gasteiger partial charge in [-0.2, -0.15) is 5.10 Å². The van der Waals surface area contributed by atoms with Gasteiger partial charge in [-0.05, 0) is 42.5 Å². The number of para-hydroxylation sites is 2. The second kappa shape index (κ2) is 8.50. The third-order valence-electron chi connectivity index (χ3n) is 4.60. The lowest BCUT2D eigenvalue weighted by atomic mass is 10.0. The molecule has 4 aromatic rings. The summed E-state index contributed by atoms with van der Waals surface area (Å²) in [5.74, 6) is -0.872. The monoisotopic (exact) mass is 414 g/mol. The molecule has 8 heteroatoms. The van der Waals surface area contributed by atoms with Gasteiger partial charge in [-0.3, -0.25) is 14.9 Å². The highest BCUT2D eigenvalue weighted by Gasteiger charge is 2.14. The van der Waals surface area contributed by atoms with Gasteiger partial charge >= 0.3 is 0 Å². The molecule has 0 unspecified atom stereocenters. The highest BCUT2D eigenvalue weighted by Crippen LogP contribution is 2.25. The largest absolute Gasteiger partial charge is 0.278 e. The van der Waals surface area contributed by atoms with Gasteiger partial charge in [-0.1, -0.05) is 30.3 Å². The molecule has 1 amide bonds. The Kier molecular flexibility index (Phi) is 5.44. The molecule has 0 bridgehead atoms. The molecule has 0 aliphatic heterocycles. The summed E-state index contributed by atoms with van der Waals surface area (Å²) in [7, 11) is 0. The Morgan fingerprint density at radius 3 is 2.52 bits per heavy atom. The second-order valence-corrected chi connectivity index (χ2v) is 6.59. The number of benzene rings is 3. The minimum absolute atomic E-state index is 0.117. The molecule has 1 aromatic heterocycles. The minimum Gasteiger partial charge on any atom is -0.267 e. The van der Waals surface area contributed by atoms with Crippen molar-refractivity contribution in [3.8, 4) is 11.3 Å². The number of amides is 1. The minimum atomic E-state index is -0.519. The Hall–Kier alpha value is -4.46. The summed E-state index contributed by atoms with van der Waals surface area (Å²) < 4.78 is 13.3. The summed E-state index contributed by atoms with van der Waals surface area (Å²) in [5, 5.41) is 15.6. The van der Waals surface area contributed by atoms with Crippen molar-refractivity contribution >= 4 is 28.7 Å². The first kappa shape index (κ1) is 19.8. The van der Waals surface area contributed by atoms with Gasteiger partial charge in [0.1, 0.15) is 5.82 Å². The van der Waals surface area contributed by atoms with E-state index >= 15 is 0 Å². The summed E-state index contributed by atoms with van der Waals surface area (Å²) in [4.78, 5) is 28.0. The van der Waals surface area contributed by atoms with Gasteiger partial charge in [-0.15, -0.1) is 0 Å². The molecule has 3 aromatic carbocycles. The summed E-state index contributed by atoms with van der Waals surface area (Å²) in [6, 6.07) is 20.6. The van der Waals surface area contributed by atoms with E-state index in [4.69, 9.17) is 0 Å². The topological polar surface area (TPSA) is 97.5 Å². The zero-order valence-electron chi connectivity index (χ0n) is 16.0. The van der Waals surface area contributed by atoms with Gasteiger partial charge < -0.3 is 0 Å². The van der Waals surface area contributed by atoms with E-state index in [-0.39, 0.29) is 17.1 Å². The molecule has 0 aliphatic carbocycles. The Balaban J connectivity index is 1.67. The molecule has 0 spiro atoms. The van der Waals surface area contributed by atoms with Gasteiger partial charge in [0.25, 0.3) is 11.6 Å². The zero-order chi connectivity index (χ0) is 21.8. The number of hydrogen-bond acceptors (Lipinski definition) is 5. The molecule has 0 atom stereocenters. The fourth-order valence-electron chi connectivity index (χ4n) is 3.12. The maximum Gasteiger partial charge on any atom is 0.278 e. The number of nitro benzene ring substituents is 1. The van der Waals surface area contributed by atoms with E-state index in [1.165, 1.54) is 30.5 Å². The summed E-state index contributed by atoms with van der Waals surface area (Å²) in [6.07, 6.45) is 1.22. The number of pyridine rings is 1. The van der Waals surface area contributed by atoms with E-state index < -0.39 is 10.8 Å². The fourth-order valence-corrected chi connectivity index (χ4v) is 3.12. The Morgan fingerprint density at radius 2 is 1.74 bits per heavy atom. The highest BCUT2D eigenvalue weighted by molar-refractivity contribution is 6.07. The van der Waals surface area contributed by atoms with Crippen LogP contribution in [-0.4, -0.2) is 22.0 Å². The fraction of sp³-hybridized carbons (Fsp3) is 0. The number of carbonyl (C=O) groups is 1. The van der Waals surface area contributed by atoms with Crippen LogP contribution in [0.25, 0.3) is 22.2 Å². The lowest BCUT2D eigenvalue weighted by Gasteiger charge is -2.09. The third-order valence-corrected chi connectivity index (χ3v) is 4.60. The molecule has 0 aliphatic rings. The van der Waals surface area contributed by atoms with Crippen LogP contribution in [0.2, 0.25) is 0 Å². The number of nitrogens with zero attached hydrogens (tertiary/aromatic N) is 3. The van der Waals surface area contributed by atoms with Crippen LogP contribution in [0.4, 0.5) is 10.1 Å². The molecule has 0 saturated heterocycles. The maximum atomic E-state index is 13.3. The van der Waals surface area contributed by atoms with Gasteiger partial charge in [0.15, 0.2) is 0 Å². The number of hydrogen-bond donors (Lipinski definition) is 1. The Labute approximate surface area is 176 Å². The predicted molar refractivity (Wildman–Crippen MR) is 115 cm³/mol. The predicted octanol–water partition coefficient (Wildman–Crippen LogP) is 4.71. The van der Waals surface area contributed by atoms with Gasteiger partial charge in [0, 0.05) is 17.0 Å². The first-order chi connectivity index (χ1) is 15.0. The van der Waals surface area contributed by atoms with Crippen LogP contribution in [0.3, 0.4) is 0 Å². The second-order valence-electron chi connectivity index (χ2n) is 6.59. The summed E-state index contributed by atoms with van der Waals surface area (Å²) in [5.41, 5.74) is 4.64. The number of aromatic nitrogens is 1. The molecule has 7 nitrogen and oxygen atoms in total. The molecule has 152 valence electrons. The van der Waals surface area contributed by atoms with Crippen LogP contribution in [0.15, 0.2) is 84.0 Å². The van der Waals surface area contributed by atoms with Crippen molar-refractivity contribution in [2.24, 2.45) is 5.10 Å². The first-order valence-corrected chi connectivity index (χ1v) is 9.25. The average molecular weight is 414 g/mol. The highest BCUT2D eigenvalue weighted by atomic mass is 19.1. The van der Waals surface area contributed by atoms with E-state index in [2.05, 4.69) is 15.5 Å². The quantitative estimate of drug-likeness (QED) is 0.290. The van der Waals surface area contributed by atoms with E-state index in [9.17, 15) is 19.3 Å². The van der Waals surface area contributed by atoms with E-state index in [1.54, 1.807) is 54.6 Å². The van der Waals surface area contributed by atoms with Crippen molar-refractivity contribution in [2.45, 2.75) is 0 Å². The molecule has 1 heterocycles. The number of carbonyl (C=O) groups excluding carboxylic acids is 1. The normalized spacial score (nSPS) is 11.0. The van der Waals surface area contributed by atoms with Crippen LogP contribution >= 0.6 is 0 Å². The summed E-state index contributed by atoms with van der Waals surface area (Å²) >= 11 is 0. The average Bonchev–Trinajstić information content (AvgIpc) is 2.79. The van der Waals surface area contributed by atoms with Crippen molar-refractivity contribution < 1.29 is 14.1 Å². The molecule has 0 saturated carbocycles. The Morgan fingerprint density at radius 1 is 1.03 bits per heavy atom. The molecular weight excluding hydrogens is 399 g/mol. The van der Waals surface area contributed by atoms with Crippen LogP contribution in [0.1, 0.15) is 15.9 Å². The van der Waals surface area contributed by atoms with Crippen molar-refractivity contribution in [1.82, 2.24) is 10.4 Å². The van der Waals surface area contributed by atoms with Gasteiger partial charge in [-0.25, -0.2) is 14.8 Å². The Bertz CT molecular complexity index is 1320. The summed E-state index contributed by atoms with van der Waals surface area (Å²) in [6.45, 7) is 0. The lowest BCUT2D eigenvalue weighted by molar-refractivity contribution is -0.385. The smallest absolute Gasteiger partial charge is 0.267 e. The van der Waals surface area contributed by atoms with Crippen LogP contribution in [-0.2, 0) is 0 Å². The standard InChI is InChI=1S/C23H15FN4O3/c24-17-11-9-15(10-12-17)21-13-19(18-6-2-3-7-20(18)26-21)23(29)27-25-14-16-5-1-4-8-22(16)28(30)31/h1-14H,(H,27,29)/b25-14-. The lowest BCUT2D eigenvalue weighted by Crippen LogP contribution is -2.18. The first-order valence-electron chi connectivity index (χ1n) is 9.25. The number of halogens is 1. The van der Waals surface area contributed by atoms with Crippen LogP contribution in [0, 0.1) is 15.9 Å². The van der Waals surface area contributed by atoms with Crippen molar-refractivity contribution in [3.05, 3.63) is 106 Å². The zero-order valence-corrected chi connectivity index (χ0v) is 16.0.